The molecule has 0 N–H and O–H groups in total. The molecule has 3 rings (SSSR count). The Labute approximate surface area is 117 Å². The number of aryl methyl sites for hydroxylation is 1. The van der Waals surface area contributed by atoms with Crippen LogP contribution in [0.2, 0.25) is 0 Å². The van der Waals surface area contributed by atoms with Crippen LogP contribution >= 0.6 is 0 Å². The smallest absolute Gasteiger partial charge is 0.0211 e. The van der Waals surface area contributed by atoms with Crippen LogP contribution in [0.3, 0.4) is 0 Å². The van der Waals surface area contributed by atoms with Crippen molar-refractivity contribution in [3.8, 4) is 0 Å². The summed E-state index contributed by atoms with van der Waals surface area (Å²) in [4.78, 5) is 0. The first kappa shape index (κ1) is 12.4. The van der Waals surface area contributed by atoms with Gasteiger partial charge in [0.15, 0.2) is 0 Å². The Hall–Kier alpha value is -1.11. The summed E-state index contributed by atoms with van der Waals surface area (Å²) in [6, 6.07) is 17.2. The predicted molar refractivity (Wildman–Crippen MR) is 68.9 cm³/mol. The monoisotopic (exact) mass is 253 g/mol. The molecule has 1 aliphatic carbocycles. The molecule has 2 aromatic rings. The van der Waals surface area contributed by atoms with Crippen LogP contribution < -0.4 is 0 Å². The number of allylic oxidation sites excluding steroid dienone is 1. The molecule has 0 heterocycles. The van der Waals surface area contributed by atoms with Crippen molar-refractivity contribution >= 4 is 11.6 Å². The molecule has 0 aromatic heterocycles. The van der Waals surface area contributed by atoms with Crippen LogP contribution in [0.15, 0.2) is 48.5 Å². The zero-order valence-electron chi connectivity index (χ0n) is 9.77. The third kappa shape index (κ3) is 2.43. The molecule has 0 atom stereocenters. The summed E-state index contributed by atoms with van der Waals surface area (Å²) in [7, 11) is 0. The Bertz CT molecular complexity index is 550. The van der Waals surface area contributed by atoms with E-state index in [4.69, 9.17) is 0 Å². The van der Waals surface area contributed by atoms with Crippen LogP contribution in [0.1, 0.15) is 22.3 Å². The average Bonchev–Trinajstić information content (AvgIpc) is 2.73. The second-order valence-corrected chi connectivity index (χ2v) is 4.24. The fourth-order valence-electron chi connectivity index (χ4n) is 2.06. The van der Waals surface area contributed by atoms with E-state index in [9.17, 15) is 0 Å². The van der Waals surface area contributed by atoms with Gasteiger partial charge in [0.2, 0.25) is 0 Å². The molecule has 0 aliphatic heterocycles. The van der Waals surface area contributed by atoms with E-state index in [2.05, 4.69) is 68.0 Å². The van der Waals surface area contributed by atoms with Crippen molar-refractivity contribution in [2.24, 2.45) is 0 Å². The van der Waals surface area contributed by atoms with E-state index in [0.29, 0.717) is 0 Å². The van der Waals surface area contributed by atoms with Crippen LogP contribution in [0, 0.1) is 13.3 Å². The van der Waals surface area contributed by atoms with Crippen LogP contribution in [-0.2, 0) is 21.7 Å². The summed E-state index contributed by atoms with van der Waals surface area (Å²) < 4.78 is 0. The minimum Gasteiger partial charge on any atom is -0.0619 e. The van der Waals surface area contributed by atoms with Crippen LogP contribution in [0.5, 0.6) is 0 Å². The molecule has 1 aliphatic rings. The van der Waals surface area contributed by atoms with Gasteiger partial charge in [-0.25, -0.2) is 0 Å². The first-order valence-corrected chi connectivity index (χ1v) is 5.55. The van der Waals surface area contributed by atoms with Crippen LogP contribution in [0.4, 0.5) is 0 Å². The van der Waals surface area contributed by atoms with Gasteiger partial charge >= 0.3 is 0 Å². The number of benzene rings is 2. The second-order valence-electron chi connectivity index (χ2n) is 4.24. The maximum Gasteiger partial charge on any atom is 0.0211 e. The van der Waals surface area contributed by atoms with E-state index >= 15 is 0 Å². The summed E-state index contributed by atoms with van der Waals surface area (Å²) in [5.41, 5.74) is 6.54. The molecule has 0 saturated carbocycles. The van der Waals surface area contributed by atoms with E-state index in [1.54, 1.807) is 0 Å². The zero-order chi connectivity index (χ0) is 11.0. The Morgan fingerprint density at radius 3 is 2.06 bits per heavy atom. The van der Waals surface area contributed by atoms with Gasteiger partial charge in [-0.3, -0.25) is 0 Å². The van der Waals surface area contributed by atoms with Crippen molar-refractivity contribution in [3.05, 3.63) is 77.2 Å². The number of fused-ring (bicyclic) bond motifs is 1. The number of rotatable bonds is 1. The van der Waals surface area contributed by atoms with Gasteiger partial charge in [0, 0.05) is 28.1 Å². The van der Waals surface area contributed by atoms with Gasteiger partial charge < -0.3 is 0 Å². The minimum absolute atomic E-state index is 0. The summed E-state index contributed by atoms with van der Waals surface area (Å²) in [5, 5.41) is 0. The molecule has 0 amide bonds. The quantitative estimate of drug-likeness (QED) is 0.671. The van der Waals surface area contributed by atoms with E-state index < -0.39 is 0 Å². The summed E-state index contributed by atoms with van der Waals surface area (Å²) >= 11 is 0. The largest absolute Gasteiger partial charge is 0.0619 e. The average molecular weight is 253 g/mol. The van der Waals surface area contributed by atoms with Crippen molar-refractivity contribution in [3.63, 3.8) is 0 Å². The Kier molecular flexibility index (Phi) is 3.66. The van der Waals surface area contributed by atoms with Gasteiger partial charge in [-0.15, -0.1) is 0 Å². The van der Waals surface area contributed by atoms with Crippen LogP contribution in [0.25, 0.3) is 11.6 Å². The minimum atomic E-state index is 0. The third-order valence-corrected chi connectivity index (χ3v) is 3.00. The van der Waals surface area contributed by atoms with E-state index in [-0.39, 0.29) is 21.7 Å². The van der Waals surface area contributed by atoms with E-state index in [0.717, 1.165) is 0 Å². The van der Waals surface area contributed by atoms with Crippen molar-refractivity contribution in [2.45, 2.75) is 6.92 Å². The first-order chi connectivity index (χ1) is 7.83. The Balaban J connectivity index is 0.00000108. The van der Waals surface area contributed by atoms with Gasteiger partial charge in [0.05, 0.1) is 0 Å². The van der Waals surface area contributed by atoms with Crippen molar-refractivity contribution in [1.29, 1.82) is 0 Å². The molecule has 81 valence electrons. The fraction of sp³-hybridized carbons (Fsp3) is 0.0625. The van der Waals surface area contributed by atoms with Crippen molar-refractivity contribution in [2.75, 3.05) is 0 Å². The molecule has 2 aromatic carbocycles. The maximum atomic E-state index is 2.25. The maximum absolute atomic E-state index is 2.25. The molecule has 0 fully saturated rings. The zero-order valence-corrected chi connectivity index (χ0v) is 11.3. The summed E-state index contributed by atoms with van der Waals surface area (Å²) in [6.45, 7) is 2.12. The molecule has 17 heavy (non-hydrogen) atoms. The van der Waals surface area contributed by atoms with Crippen molar-refractivity contribution < 1.29 is 21.7 Å². The molecular weight excluding hydrogens is 240 g/mol. The standard InChI is InChI=1S/C16H13.Ti/c1-12-6-8-13(9-7-12)16-10-14-4-2-3-5-15(14)11-16;/h2-11H,1H3;. The third-order valence-electron chi connectivity index (χ3n) is 3.00. The van der Waals surface area contributed by atoms with E-state index in [1.807, 2.05) is 0 Å². The predicted octanol–water partition coefficient (Wildman–Crippen LogP) is 4.10. The molecule has 1 radical (unpaired) electrons. The Morgan fingerprint density at radius 2 is 1.41 bits per heavy atom. The molecule has 0 saturated heterocycles. The van der Waals surface area contributed by atoms with Gasteiger partial charge in [-0.2, -0.15) is 0 Å². The van der Waals surface area contributed by atoms with Crippen LogP contribution in [-0.4, -0.2) is 0 Å². The first-order valence-electron chi connectivity index (χ1n) is 5.55. The Morgan fingerprint density at radius 1 is 0.765 bits per heavy atom. The van der Waals surface area contributed by atoms with Gasteiger partial charge in [0.25, 0.3) is 0 Å². The summed E-state index contributed by atoms with van der Waals surface area (Å²) in [5.74, 6) is 0. The molecule has 0 spiro atoms. The topological polar surface area (TPSA) is 0 Å². The molecule has 0 nitrogen and oxygen atoms in total. The number of hydrogen-bond donors (Lipinski definition) is 0. The second kappa shape index (κ2) is 5.04. The SMILES string of the molecule is Cc1ccc(C2=Cc3ccccc3[CH]2)cc1.[Ti]. The van der Waals surface area contributed by atoms with Gasteiger partial charge in [0.1, 0.15) is 0 Å². The number of hydrogen-bond acceptors (Lipinski definition) is 0. The molecular formula is C16H13Ti. The normalized spacial score (nSPS) is 12.6. The van der Waals surface area contributed by atoms with Gasteiger partial charge in [-0.05, 0) is 29.2 Å². The van der Waals surface area contributed by atoms with Crippen molar-refractivity contribution in [1.82, 2.24) is 0 Å². The molecule has 0 unspecified atom stereocenters. The van der Waals surface area contributed by atoms with Gasteiger partial charge in [-0.1, -0.05) is 60.2 Å². The molecule has 0 bridgehead atoms. The summed E-state index contributed by atoms with van der Waals surface area (Å²) in [6.07, 6.45) is 4.50. The fourth-order valence-corrected chi connectivity index (χ4v) is 2.06. The molecule has 1 heteroatoms. The van der Waals surface area contributed by atoms with E-state index in [1.165, 1.54) is 27.8 Å².